The largest absolute Gasteiger partial charge is 0.573 e. The van der Waals surface area contributed by atoms with Gasteiger partial charge in [-0.15, -0.1) is 24.5 Å². The zero-order valence-corrected chi connectivity index (χ0v) is 19.9. The number of carbonyl (C=O) groups excluding carboxylic acids is 1. The molecular weight excluding hydrogens is 495 g/mol. The second-order valence-corrected chi connectivity index (χ2v) is 9.85. The molecule has 0 spiro atoms. The molecule has 1 N–H and O–H groups in total. The lowest BCUT2D eigenvalue weighted by atomic mass is 10.1. The number of carbonyl (C=O) groups is 1. The molecule has 0 fully saturated rings. The number of rotatable bonds is 6. The van der Waals surface area contributed by atoms with Crippen molar-refractivity contribution >= 4 is 34.9 Å². The number of benzene rings is 2. The van der Waals surface area contributed by atoms with E-state index in [1.807, 2.05) is 30.3 Å². The highest BCUT2D eigenvalue weighted by molar-refractivity contribution is 8.00. The molecule has 35 heavy (non-hydrogen) atoms. The van der Waals surface area contributed by atoms with E-state index in [1.54, 1.807) is 41.7 Å². The van der Waals surface area contributed by atoms with E-state index < -0.39 is 6.36 Å². The molecule has 0 radical (unpaired) electrons. The molecule has 5 nitrogen and oxygen atoms in total. The van der Waals surface area contributed by atoms with Crippen LogP contribution in [0, 0.1) is 0 Å². The van der Waals surface area contributed by atoms with Gasteiger partial charge in [-0.05, 0) is 71.6 Å². The molecule has 3 heterocycles. The molecule has 1 aliphatic heterocycles. The molecule has 2 aromatic carbocycles. The summed E-state index contributed by atoms with van der Waals surface area (Å²) in [6.45, 7) is 0.612. The van der Waals surface area contributed by atoms with E-state index in [1.165, 1.54) is 30.1 Å². The van der Waals surface area contributed by atoms with Crippen molar-refractivity contribution in [1.82, 2.24) is 9.88 Å². The lowest BCUT2D eigenvalue weighted by Crippen LogP contribution is -2.17. The van der Waals surface area contributed by atoms with Crippen LogP contribution in [0.3, 0.4) is 0 Å². The maximum absolute atomic E-state index is 12.5. The fraction of sp³-hybridized carbons (Fsp3) is 0.120. The van der Waals surface area contributed by atoms with E-state index in [2.05, 4.69) is 20.5 Å². The molecule has 0 bridgehead atoms. The Morgan fingerprint density at radius 3 is 2.63 bits per heavy atom. The fourth-order valence-electron chi connectivity index (χ4n) is 3.75. The number of halogens is 3. The molecule has 1 amide bonds. The number of anilines is 1. The molecule has 4 aromatic rings. The quantitative estimate of drug-likeness (QED) is 0.279. The molecule has 0 atom stereocenters. The van der Waals surface area contributed by atoms with Gasteiger partial charge in [0.25, 0.3) is 5.91 Å². The fourth-order valence-corrected chi connectivity index (χ4v) is 5.40. The summed E-state index contributed by atoms with van der Waals surface area (Å²) in [6, 6.07) is 17.7. The second-order valence-electron chi connectivity index (χ2n) is 7.89. The average molecular weight is 514 g/mol. The predicted molar refractivity (Wildman–Crippen MR) is 131 cm³/mol. The topological polar surface area (TPSA) is 54.5 Å². The summed E-state index contributed by atoms with van der Waals surface area (Å²) < 4.78 is 44.5. The zero-order valence-electron chi connectivity index (χ0n) is 18.3. The summed E-state index contributed by atoms with van der Waals surface area (Å²) in [7, 11) is 1.80. The van der Waals surface area contributed by atoms with E-state index in [0.717, 1.165) is 32.0 Å². The summed E-state index contributed by atoms with van der Waals surface area (Å²) >= 11 is 2.79. The summed E-state index contributed by atoms with van der Waals surface area (Å²) in [5.74, 6) is -0.226. The van der Waals surface area contributed by atoms with Gasteiger partial charge in [-0.1, -0.05) is 12.1 Å². The molecule has 1 aliphatic rings. The molecule has 0 unspecified atom stereocenters. The highest BCUT2D eigenvalue weighted by Gasteiger charge is 2.31. The van der Waals surface area contributed by atoms with Gasteiger partial charge in [0.1, 0.15) is 5.75 Å². The first kappa shape index (κ1) is 23.3. The summed E-state index contributed by atoms with van der Waals surface area (Å²) in [4.78, 5) is 20.8. The van der Waals surface area contributed by atoms with E-state index in [9.17, 15) is 18.0 Å². The first-order valence-corrected chi connectivity index (χ1v) is 12.1. The van der Waals surface area contributed by atoms with Gasteiger partial charge in [-0.2, -0.15) is 0 Å². The smallest absolute Gasteiger partial charge is 0.406 e. The van der Waals surface area contributed by atoms with Gasteiger partial charge >= 0.3 is 6.36 Å². The number of hydrogen-bond donors (Lipinski definition) is 1. The maximum Gasteiger partial charge on any atom is 0.573 e. The lowest BCUT2D eigenvalue weighted by molar-refractivity contribution is -0.274. The Bertz CT molecular complexity index is 1400. The van der Waals surface area contributed by atoms with Crippen LogP contribution in [0.15, 0.2) is 78.0 Å². The van der Waals surface area contributed by atoms with Gasteiger partial charge in [0, 0.05) is 45.6 Å². The third-order valence-corrected chi connectivity index (χ3v) is 7.34. The number of hydrogen-bond acceptors (Lipinski definition) is 6. The van der Waals surface area contributed by atoms with Crippen molar-refractivity contribution in [3.05, 3.63) is 84.2 Å². The Kier molecular flexibility index (Phi) is 6.16. The van der Waals surface area contributed by atoms with Crippen molar-refractivity contribution in [2.75, 3.05) is 11.8 Å². The standard InChI is InChI=1S/C25H18F3N3O2S2/c1-31-14-17-9-15(5-6-21(17)24(31)32)22-7-8-23(34-22)16-10-18(13-29-12-16)30-35-20-4-2-3-19(11-20)33-25(26,27)28/h2-13,30H,14H2,1H3. The Hall–Kier alpha value is -3.50. The summed E-state index contributed by atoms with van der Waals surface area (Å²) in [5.41, 5.74) is 4.46. The minimum atomic E-state index is -4.73. The monoisotopic (exact) mass is 513 g/mol. The first-order chi connectivity index (χ1) is 16.7. The second kappa shape index (κ2) is 9.27. The van der Waals surface area contributed by atoms with Crippen LogP contribution in [0.2, 0.25) is 0 Å². The highest BCUT2D eigenvalue weighted by Crippen LogP contribution is 2.37. The van der Waals surface area contributed by atoms with E-state index >= 15 is 0 Å². The highest BCUT2D eigenvalue weighted by atomic mass is 32.2. The van der Waals surface area contributed by atoms with Crippen LogP contribution < -0.4 is 9.46 Å². The van der Waals surface area contributed by atoms with Crippen molar-refractivity contribution in [3.63, 3.8) is 0 Å². The van der Waals surface area contributed by atoms with E-state index in [0.29, 0.717) is 17.1 Å². The average Bonchev–Trinajstić information content (AvgIpc) is 3.42. The van der Waals surface area contributed by atoms with Gasteiger partial charge in [-0.25, -0.2) is 0 Å². The Labute approximate surface area is 207 Å². The molecule has 178 valence electrons. The molecule has 2 aromatic heterocycles. The van der Waals surface area contributed by atoms with Gasteiger partial charge in [0.2, 0.25) is 0 Å². The number of fused-ring (bicyclic) bond motifs is 1. The Balaban J connectivity index is 1.30. The zero-order chi connectivity index (χ0) is 24.6. The van der Waals surface area contributed by atoms with Crippen molar-refractivity contribution in [3.8, 4) is 26.6 Å². The Morgan fingerprint density at radius 1 is 1.03 bits per heavy atom. The molecule has 0 aliphatic carbocycles. The molecule has 0 saturated heterocycles. The minimum absolute atomic E-state index is 0.0475. The number of nitrogens with zero attached hydrogens (tertiary/aromatic N) is 2. The number of amides is 1. The summed E-state index contributed by atoms with van der Waals surface area (Å²) in [6.07, 6.45) is -1.32. The van der Waals surface area contributed by atoms with Gasteiger partial charge in [-0.3, -0.25) is 9.78 Å². The number of thiophene rings is 1. The number of ether oxygens (including phenoxy) is 1. The number of aromatic nitrogens is 1. The maximum atomic E-state index is 12.5. The third-order valence-electron chi connectivity index (χ3n) is 5.33. The number of alkyl halides is 3. The third kappa shape index (κ3) is 5.28. The van der Waals surface area contributed by atoms with Gasteiger partial charge in [0.15, 0.2) is 0 Å². The van der Waals surface area contributed by atoms with Crippen LogP contribution in [0.1, 0.15) is 15.9 Å². The van der Waals surface area contributed by atoms with Crippen molar-refractivity contribution in [2.45, 2.75) is 17.8 Å². The van der Waals surface area contributed by atoms with E-state index in [-0.39, 0.29) is 11.7 Å². The molecule has 0 saturated carbocycles. The van der Waals surface area contributed by atoms with Gasteiger partial charge < -0.3 is 14.4 Å². The van der Waals surface area contributed by atoms with Gasteiger partial charge in [0.05, 0.1) is 11.9 Å². The lowest BCUT2D eigenvalue weighted by Gasteiger charge is -2.10. The van der Waals surface area contributed by atoms with Crippen molar-refractivity contribution in [1.29, 1.82) is 0 Å². The number of pyridine rings is 1. The predicted octanol–water partition coefficient (Wildman–Crippen LogP) is 7.08. The van der Waals surface area contributed by atoms with Crippen molar-refractivity contribution < 1.29 is 22.7 Å². The van der Waals surface area contributed by atoms with Crippen LogP contribution in [0.5, 0.6) is 5.75 Å². The summed E-state index contributed by atoms with van der Waals surface area (Å²) in [5, 5.41) is 0. The minimum Gasteiger partial charge on any atom is -0.406 e. The van der Waals surface area contributed by atoms with Crippen LogP contribution in [-0.4, -0.2) is 29.2 Å². The molecule has 5 rings (SSSR count). The van der Waals surface area contributed by atoms with Crippen LogP contribution in [-0.2, 0) is 6.54 Å². The van der Waals surface area contributed by atoms with E-state index in [4.69, 9.17) is 0 Å². The molecular formula is C25H18F3N3O2S2. The SMILES string of the molecule is CN1Cc2cc(-c3ccc(-c4cncc(NSc5cccc(OC(F)(F)F)c5)c4)s3)ccc2C1=O. The normalized spacial score (nSPS) is 13.1. The van der Waals surface area contributed by atoms with Crippen LogP contribution in [0.25, 0.3) is 20.9 Å². The van der Waals surface area contributed by atoms with Crippen molar-refractivity contribution in [2.24, 2.45) is 0 Å². The molecule has 10 heteroatoms. The van der Waals surface area contributed by atoms with Crippen LogP contribution in [0.4, 0.5) is 18.9 Å². The number of nitrogens with one attached hydrogen (secondary N) is 1. The van der Waals surface area contributed by atoms with Crippen LogP contribution >= 0.6 is 23.3 Å². The Morgan fingerprint density at radius 2 is 1.83 bits per heavy atom. The first-order valence-electron chi connectivity index (χ1n) is 10.5.